The van der Waals surface area contributed by atoms with Crippen LogP contribution in [0.4, 0.5) is 5.69 Å². The van der Waals surface area contributed by atoms with Crippen molar-refractivity contribution in [1.82, 2.24) is 0 Å². The fourth-order valence-electron chi connectivity index (χ4n) is 2.55. The van der Waals surface area contributed by atoms with Gasteiger partial charge in [-0.1, -0.05) is 36.4 Å². The second-order valence-corrected chi connectivity index (χ2v) is 7.34. The fraction of sp³-hybridized carbons (Fsp3) is 0. The smallest absolute Gasteiger partial charge is 0.269 e. The zero-order valence-electron chi connectivity index (χ0n) is 13.9. The van der Waals surface area contributed by atoms with E-state index in [0.717, 1.165) is 11.1 Å². The molecule has 3 rings (SSSR count). The number of non-ortho nitro benzene ring substituents is 1. The molecule has 27 heavy (non-hydrogen) atoms. The molecule has 2 N–H and O–H groups in total. The molecule has 0 saturated heterocycles. The Kier molecular flexibility index (Phi) is 4.85. The molecule has 0 fully saturated rings. The lowest BCUT2D eigenvalue weighted by Crippen LogP contribution is -2.11. The molecule has 0 heterocycles. The van der Waals surface area contributed by atoms with Gasteiger partial charge in [0.1, 0.15) is 0 Å². The number of hydrogen-bond acceptors (Lipinski definition) is 5. The van der Waals surface area contributed by atoms with Crippen LogP contribution in [0, 0.1) is 10.1 Å². The quantitative estimate of drug-likeness (QED) is 0.413. The van der Waals surface area contributed by atoms with E-state index in [1.807, 2.05) is 0 Å². The van der Waals surface area contributed by atoms with E-state index >= 15 is 0 Å². The maximum atomic E-state index is 12.5. The molecule has 8 heteroatoms. The molecule has 0 bridgehead atoms. The Labute approximate surface area is 155 Å². The summed E-state index contributed by atoms with van der Waals surface area (Å²) < 4.78 is 22.6. The maximum absolute atomic E-state index is 12.5. The van der Waals surface area contributed by atoms with Crippen LogP contribution in [0.15, 0.2) is 77.7 Å². The van der Waals surface area contributed by atoms with E-state index < -0.39 is 14.9 Å². The summed E-state index contributed by atoms with van der Waals surface area (Å²) in [7, 11) is -3.75. The van der Waals surface area contributed by atoms with E-state index in [2.05, 4.69) is 0 Å². The molecule has 0 saturated carbocycles. The maximum Gasteiger partial charge on any atom is 0.269 e. The molecule has 0 atom stereocenters. The Bertz CT molecular complexity index is 1100. The average molecular weight is 382 g/mol. The largest absolute Gasteiger partial charge is 0.289 e. The van der Waals surface area contributed by atoms with Crippen LogP contribution < -0.4 is 5.14 Å². The molecular formula is C19H14N2O5S. The van der Waals surface area contributed by atoms with E-state index in [1.165, 1.54) is 36.4 Å². The van der Waals surface area contributed by atoms with Crippen molar-refractivity contribution in [2.45, 2.75) is 4.90 Å². The summed E-state index contributed by atoms with van der Waals surface area (Å²) in [4.78, 5) is 22.7. The van der Waals surface area contributed by atoms with Crippen molar-refractivity contribution < 1.29 is 18.1 Å². The zero-order valence-corrected chi connectivity index (χ0v) is 14.7. The van der Waals surface area contributed by atoms with Gasteiger partial charge in [-0.15, -0.1) is 0 Å². The summed E-state index contributed by atoms with van der Waals surface area (Å²) in [6, 6.07) is 18.3. The highest BCUT2D eigenvalue weighted by molar-refractivity contribution is 7.89. The Morgan fingerprint density at radius 2 is 1.19 bits per heavy atom. The summed E-state index contributed by atoms with van der Waals surface area (Å²) in [6.45, 7) is 0. The molecular weight excluding hydrogens is 368 g/mol. The van der Waals surface area contributed by atoms with Gasteiger partial charge in [0.25, 0.3) is 5.69 Å². The first-order valence-corrected chi connectivity index (χ1v) is 9.33. The van der Waals surface area contributed by atoms with Gasteiger partial charge in [-0.25, -0.2) is 13.6 Å². The first-order valence-electron chi connectivity index (χ1n) is 7.78. The van der Waals surface area contributed by atoms with Crippen LogP contribution in [-0.4, -0.2) is 19.1 Å². The molecule has 136 valence electrons. The van der Waals surface area contributed by atoms with Gasteiger partial charge in [-0.05, 0) is 35.4 Å². The molecule has 7 nitrogen and oxygen atoms in total. The number of rotatable bonds is 5. The number of carbonyl (C=O) groups excluding carboxylic acids is 1. The van der Waals surface area contributed by atoms with E-state index in [9.17, 15) is 23.3 Å². The topological polar surface area (TPSA) is 120 Å². The van der Waals surface area contributed by atoms with Crippen molar-refractivity contribution in [1.29, 1.82) is 0 Å². The van der Waals surface area contributed by atoms with Crippen LogP contribution in [0.3, 0.4) is 0 Å². The number of nitrogens with two attached hydrogens (primary N) is 1. The van der Waals surface area contributed by atoms with Gasteiger partial charge in [0.15, 0.2) is 5.78 Å². The second kappa shape index (κ2) is 7.10. The molecule has 0 aliphatic heterocycles. The van der Waals surface area contributed by atoms with Gasteiger partial charge >= 0.3 is 0 Å². The molecule has 0 aliphatic rings. The van der Waals surface area contributed by atoms with Crippen LogP contribution in [-0.2, 0) is 10.0 Å². The molecule has 3 aromatic rings. The van der Waals surface area contributed by atoms with Crippen molar-refractivity contribution >= 4 is 21.5 Å². The van der Waals surface area contributed by atoms with E-state index in [4.69, 9.17) is 5.14 Å². The number of nitrogens with zero attached hydrogens (tertiary/aromatic N) is 1. The molecule has 0 aromatic heterocycles. The van der Waals surface area contributed by atoms with Crippen LogP contribution in [0.2, 0.25) is 0 Å². The molecule has 0 aliphatic carbocycles. The third-order valence-electron chi connectivity index (χ3n) is 4.00. The number of ketones is 1. The lowest BCUT2D eigenvalue weighted by Gasteiger charge is -2.05. The van der Waals surface area contributed by atoms with Crippen LogP contribution in [0.1, 0.15) is 15.9 Å². The third kappa shape index (κ3) is 4.08. The standard InChI is InChI=1S/C19H14N2O5S/c20-27(25,26)18-11-7-14(8-12-18)13-1-3-15(4-2-13)19(22)16-5-9-17(10-6-16)21(23)24/h1-12H,(H2,20,25,26). The lowest BCUT2D eigenvalue weighted by molar-refractivity contribution is -0.384. The number of nitro benzene ring substituents is 1. The Morgan fingerprint density at radius 3 is 1.59 bits per heavy atom. The number of nitro groups is 1. The molecule has 0 amide bonds. The minimum Gasteiger partial charge on any atom is -0.289 e. The van der Waals surface area contributed by atoms with Crippen molar-refractivity contribution in [2.24, 2.45) is 5.14 Å². The average Bonchev–Trinajstić information content (AvgIpc) is 2.67. The molecule has 3 aromatic carbocycles. The highest BCUT2D eigenvalue weighted by atomic mass is 32.2. The zero-order chi connectivity index (χ0) is 19.6. The molecule has 0 spiro atoms. The summed E-state index contributed by atoms with van der Waals surface area (Å²) in [5, 5.41) is 15.8. The molecule has 0 unspecified atom stereocenters. The van der Waals surface area contributed by atoms with Gasteiger partial charge in [0, 0.05) is 23.3 Å². The summed E-state index contributed by atoms with van der Waals surface area (Å²) in [5.41, 5.74) is 2.29. The third-order valence-corrected chi connectivity index (χ3v) is 4.93. The fourth-order valence-corrected chi connectivity index (χ4v) is 3.07. The Hall–Kier alpha value is -3.36. The summed E-state index contributed by atoms with van der Waals surface area (Å²) in [5.74, 6) is -0.249. The van der Waals surface area contributed by atoms with Crippen LogP contribution >= 0.6 is 0 Å². The summed E-state index contributed by atoms with van der Waals surface area (Å²) in [6.07, 6.45) is 0. The highest BCUT2D eigenvalue weighted by Gasteiger charge is 2.12. The van der Waals surface area contributed by atoms with Crippen molar-refractivity contribution in [3.8, 4) is 11.1 Å². The van der Waals surface area contributed by atoms with Crippen LogP contribution in [0.25, 0.3) is 11.1 Å². The minimum absolute atomic E-state index is 0.0243. The molecule has 0 radical (unpaired) electrons. The van der Waals surface area contributed by atoms with E-state index in [-0.39, 0.29) is 16.4 Å². The van der Waals surface area contributed by atoms with Gasteiger partial charge in [0.2, 0.25) is 10.0 Å². The van der Waals surface area contributed by atoms with E-state index in [1.54, 1.807) is 36.4 Å². The first-order chi connectivity index (χ1) is 12.8. The monoisotopic (exact) mass is 382 g/mol. The van der Waals surface area contributed by atoms with Crippen molar-refractivity contribution in [3.05, 3.63) is 94.0 Å². The van der Waals surface area contributed by atoms with Crippen LogP contribution in [0.5, 0.6) is 0 Å². The summed E-state index contributed by atoms with van der Waals surface area (Å²) >= 11 is 0. The van der Waals surface area contributed by atoms with Gasteiger partial charge in [-0.3, -0.25) is 14.9 Å². The number of hydrogen-bond donors (Lipinski definition) is 1. The lowest BCUT2D eigenvalue weighted by atomic mass is 9.99. The van der Waals surface area contributed by atoms with E-state index in [0.29, 0.717) is 11.1 Å². The van der Waals surface area contributed by atoms with Crippen molar-refractivity contribution in [2.75, 3.05) is 0 Å². The van der Waals surface area contributed by atoms with Gasteiger partial charge < -0.3 is 0 Å². The predicted molar refractivity (Wildman–Crippen MR) is 99.8 cm³/mol. The minimum atomic E-state index is -3.75. The normalized spacial score (nSPS) is 11.1. The second-order valence-electron chi connectivity index (χ2n) is 5.78. The SMILES string of the molecule is NS(=O)(=O)c1ccc(-c2ccc(C(=O)c3ccc([N+](=O)[O-])cc3)cc2)cc1. The van der Waals surface area contributed by atoms with Gasteiger partial charge in [0.05, 0.1) is 9.82 Å². The predicted octanol–water partition coefficient (Wildman–Crippen LogP) is 3.14. The number of primary sulfonamides is 1. The Balaban J connectivity index is 1.82. The first kappa shape index (κ1) is 18.4. The van der Waals surface area contributed by atoms with Gasteiger partial charge in [-0.2, -0.15) is 0 Å². The number of benzene rings is 3. The van der Waals surface area contributed by atoms with Crippen molar-refractivity contribution in [3.63, 3.8) is 0 Å². The highest BCUT2D eigenvalue weighted by Crippen LogP contribution is 2.23. The Morgan fingerprint density at radius 1 is 0.778 bits per heavy atom. The number of sulfonamides is 1. The number of carbonyl (C=O) groups is 1.